The van der Waals surface area contributed by atoms with Crippen LogP contribution in [0.15, 0.2) is 54.7 Å². The second kappa shape index (κ2) is 11.9. The number of aromatic nitrogens is 1. The van der Waals surface area contributed by atoms with Crippen molar-refractivity contribution in [2.24, 2.45) is 0 Å². The number of hydrogen-bond donors (Lipinski definition) is 2. The van der Waals surface area contributed by atoms with Gasteiger partial charge in [0.15, 0.2) is 0 Å². The number of ether oxygens (including phenoxy) is 3. The van der Waals surface area contributed by atoms with Crippen molar-refractivity contribution in [3.05, 3.63) is 77.0 Å². The fourth-order valence-corrected chi connectivity index (χ4v) is 5.96. The van der Waals surface area contributed by atoms with E-state index in [2.05, 4.69) is 20.5 Å². The quantitative estimate of drug-likeness (QED) is 0.415. The maximum absolute atomic E-state index is 13.1. The minimum absolute atomic E-state index is 0.0602. The van der Waals surface area contributed by atoms with Crippen LogP contribution in [-0.4, -0.2) is 56.3 Å². The van der Waals surface area contributed by atoms with Crippen LogP contribution in [0.25, 0.3) is 0 Å². The Labute approximate surface area is 234 Å². The van der Waals surface area contributed by atoms with Crippen molar-refractivity contribution >= 4 is 17.6 Å². The van der Waals surface area contributed by atoms with Crippen molar-refractivity contribution in [1.29, 1.82) is 0 Å². The molecule has 0 saturated carbocycles. The topological polar surface area (TPSA) is 102 Å². The van der Waals surface area contributed by atoms with Crippen molar-refractivity contribution in [2.75, 3.05) is 26.2 Å². The first-order chi connectivity index (χ1) is 19.4. The van der Waals surface area contributed by atoms with Crippen LogP contribution in [0.1, 0.15) is 57.5 Å². The third kappa shape index (κ3) is 5.54. The smallest absolute Gasteiger partial charge is 0.253 e. The van der Waals surface area contributed by atoms with Crippen LogP contribution in [0.5, 0.6) is 17.2 Å². The number of fused-ring (bicyclic) bond motifs is 2. The third-order valence-electron chi connectivity index (χ3n) is 8.03. The predicted octanol–water partition coefficient (Wildman–Crippen LogP) is 4.28. The first kappa shape index (κ1) is 27.3. The largest absolute Gasteiger partial charge is 0.497 e. The molecule has 1 aromatic heterocycles. The van der Waals surface area contributed by atoms with Crippen molar-refractivity contribution in [1.82, 2.24) is 15.6 Å². The summed E-state index contributed by atoms with van der Waals surface area (Å²) in [6.07, 6.45) is 5.47. The predicted molar refractivity (Wildman–Crippen MR) is 152 cm³/mol. The molecule has 2 fully saturated rings. The van der Waals surface area contributed by atoms with Gasteiger partial charge in [-0.3, -0.25) is 9.59 Å². The molecule has 0 unspecified atom stereocenters. The molecular formula is C31H36N4O5. The summed E-state index contributed by atoms with van der Waals surface area (Å²) in [5.41, 5.74) is 2.85. The molecule has 3 atom stereocenters. The van der Waals surface area contributed by atoms with E-state index >= 15 is 0 Å². The zero-order valence-electron chi connectivity index (χ0n) is 23.4. The van der Waals surface area contributed by atoms with E-state index in [1.165, 1.54) is 0 Å². The highest BCUT2D eigenvalue weighted by Gasteiger charge is 2.42. The number of piperidine rings is 1. The normalized spacial score (nSPS) is 19.6. The van der Waals surface area contributed by atoms with E-state index in [-0.39, 0.29) is 17.9 Å². The number of amides is 2. The minimum Gasteiger partial charge on any atom is -0.497 e. The number of anilines is 1. The highest BCUT2D eigenvalue weighted by Crippen LogP contribution is 2.38. The number of carbonyl (C=O) groups excluding carboxylic acids is 2. The molecule has 40 heavy (non-hydrogen) atoms. The average molecular weight is 545 g/mol. The molecule has 2 N–H and O–H groups in total. The Kier molecular flexibility index (Phi) is 8.09. The molecule has 2 bridgehead atoms. The zero-order chi connectivity index (χ0) is 28.2. The third-order valence-corrected chi connectivity index (χ3v) is 8.03. The molecule has 2 aliphatic rings. The lowest BCUT2D eigenvalue weighted by molar-refractivity contribution is 0.0923. The summed E-state index contributed by atoms with van der Waals surface area (Å²) in [6.45, 7) is 2.23. The van der Waals surface area contributed by atoms with Crippen LogP contribution in [-0.2, 0) is 6.54 Å². The molecule has 0 radical (unpaired) electrons. The van der Waals surface area contributed by atoms with Gasteiger partial charge in [0, 0.05) is 53.6 Å². The van der Waals surface area contributed by atoms with Gasteiger partial charge in [-0.25, -0.2) is 4.98 Å². The molecular weight excluding hydrogens is 508 g/mol. The Balaban J connectivity index is 1.19. The van der Waals surface area contributed by atoms with E-state index in [1.807, 2.05) is 49.4 Å². The van der Waals surface area contributed by atoms with E-state index in [4.69, 9.17) is 14.2 Å². The summed E-state index contributed by atoms with van der Waals surface area (Å²) in [5.74, 6) is 2.67. The molecule has 2 aromatic carbocycles. The molecule has 0 aliphatic carbocycles. The maximum Gasteiger partial charge on any atom is 0.253 e. The van der Waals surface area contributed by atoms with Gasteiger partial charge in [-0.2, -0.15) is 0 Å². The summed E-state index contributed by atoms with van der Waals surface area (Å²) >= 11 is 0. The van der Waals surface area contributed by atoms with Crippen LogP contribution < -0.4 is 29.7 Å². The van der Waals surface area contributed by atoms with E-state index < -0.39 is 0 Å². The Hall–Kier alpha value is -4.27. The van der Waals surface area contributed by atoms with Gasteiger partial charge in [0.05, 0.1) is 26.9 Å². The van der Waals surface area contributed by atoms with E-state index in [0.717, 1.165) is 42.6 Å². The van der Waals surface area contributed by atoms with Gasteiger partial charge in [0.25, 0.3) is 11.8 Å². The Morgan fingerprint density at radius 2 is 1.68 bits per heavy atom. The standard InChI is InChI=1S/C31H36N4O5/c1-19-26(6-5-7-27(19)39-3)31(37)34-22-14-23-10-11-24(15-22)35(23)29-13-9-21(18-32-29)30(36)33-17-20-8-12-25(38-2)16-28(20)40-4/h5-9,12-13,16,18,22-24H,10-11,14-15,17H2,1-4H3,(H,33,36)(H,34,37)/t22-,23+,24-. The number of benzene rings is 2. The zero-order valence-corrected chi connectivity index (χ0v) is 23.4. The van der Waals surface area contributed by atoms with E-state index in [1.54, 1.807) is 33.6 Å². The second-order valence-corrected chi connectivity index (χ2v) is 10.3. The summed E-state index contributed by atoms with van der Waals surface area (Å²) < 4.78 is 16.0. The summed E-state index contributed by atoms with van der Waals surface area (Å²) in [4.78, 5) is 32.9. The second-order valence-electron chi connectivity index (χ2n) is 10.3. The highest BCUT2D eigenvalue weighted by atomic mass is 16.5. The molecule has 210 valence electrons. The molecule has 2 amide bonds. The summed E-state index contributed by atoms with van der Waals surface area (Å²) in [7, 11) is 4.81. The van der Waals surface area contributed by atoms with Crippen LogP contribution in [0.4, 0.5) is 5.82 Å². The van der Waals surface area contributed by atoms with Crippen LogP contribution in [0.3, 0.4) is 0 Å². The molecule has 9 nitrogen and oxygen atoms in total. The number of rotatable bonds is 9. The molecule has 0 spiro atoms. The molecule has 3 aromatic rings. The number of hydrogen-bond acceptors (Lipinski definition) is 7. The lowest BCUT2D eigenvalue weighted by atomic mass is 9.96. The Morgan fingerprint density at radius 1 is 0.925 bits per heavy atom. The van der Waals surface area contributed by atoms with Gasteiger partial charge < -0.3 is 29.7 Å². The van der Waals surface area contributed by atoms with Gasteiger partial charge in [-0.05, 0) is 69.0 Å². The summed E-state index contributed by atoms with van der Waals surface area (Å²) in [6, 6.07) is 15.5. The summed E-state index contributed by atoms with van der Waals surface area (Å²) in [5, 5.41) is 6.20. The Bertz CT molecular complexity index is 1360. The first-order valence-corrected chi connectivity index (χ1v) is 13.6. The number of pyridine rings is 1. The molecule has 2 aliphatic heterocycles. The number of nitrogens with zero attached hydrogens (tertiary/aromatic N) is 2. The SMILES string of the molecule is COc1ccc(CNC(=O)c2ccc(N3[C@@H]4CC[C@H]3C[C@@H](NC(=O)c3cccc(OC)c3C)C4)nc2)c(OC)c1. The fourth-order valence-electron chi connectivity index (χ4n) is 5.96. The molecule has 9 heteroatoms. The van der Waals surface area contributed by atoms with E-state index in [9.17, 15) is 9.59 Å². The molecule has 3 heterocycles. The molecule has 5 rings (SSSR count). The van der Waals surface area contributed by atoms with Gasteiger partial charge in [-0.1, -0.05) is 6.07 Å². The van der Waals surface area contributed by atoms with Gasteiger partial charge in [0.1, 0.15) is 23.1 Å². The average Bonchev–Trinajstić information content (AvgIpc) is 3.25. The first-order valence-electron chi connectivity index (χ1n) is 13.6. The molecule has 2 saturated heterocycles. The number of carbonyl (C=O) groups is 2. The van der Waals surface area contributed by atoms with Crippen LogP contribution >= 0.6 is 0 Å². The number of nitrogens with one attached hydrogen (secondary N) is 2. The van der Waals surface area contributed by atoms with Crippen molar-refractivity contribution in [2.45, 2.75) is 57.3 Å². The van der Waals surface area contributed by atoms with Crippen LogP contribution in [0.2, 0.25) is 0 Å². The van der Waals surface area contributed by atoms with Crippen LogP contribution in [0, 0.1) is 6.92 Å². The minimum atomic E-state index is -0.200. The van der Waals surface area contributed by atoms with E-state index in [0.29, 0.717) is 47.0 Å². The maximum atomic E-state index is 13.1. The van der Waals surface area contributed by atoms with Crippen molar-refractivity contribution < 1.29 is 23.8 Å². The fraction of sp³-hybridized carbons (Fsp3) is 0.387. The highest BCUT2D eigenvalue weighted by molar-refractivity contribution is 5.96. The van der Waals surface area contributed by atoms with Gasteiger partial charge in [-0.15, -0.1) is 0 Å². The monoisotopic (exact) mass is 544 g/mol. The lowest BCUT2D eigenvalue weighted by Gasteiger charge is -2.40. The Morgan fingerprint density at radius 3 is 2.33 bits per heavy atom. The number of methoxy groups -OCH3 is 3. The van der Waals surface area contributed by atoms with Crippen molar-refractivity contribution in [3.8, 4) is 17.2 Å². The van der Waals surface area contributed by atoms with Crippen molar-refractivity contribution in [3.63, 3.8) is 0 Å². The van der Waals surface area contributed by atoms with Gasteiger partial charge in [0.2, 0.25) is 0 Å². The lowest BCUT2D eigenvalue weighted by Crippen LogP contribution is -2.50. The van der Waals surface area contributed by atoms with Gasteiger partial charge >= 0.3 is 0 Å².